The lowest BCUT2D eigenvalue weighted by Crippen LogP contribution is -2.29. The quantitative estimate of drug-likeness (QED) is 0.751. The van der Waals surface area contributed by atoms with E-state index in [2.05, 4.69) is 0 Å². The second kappa shape index (κ2) is 5.57. The molecule has 0 bridgehead atoms. The summed E-state index contributed by atoms with van der Waals surface area (Å²) in [5, 5.41) is 0. The second-order valence-electron chi connectivity index (χ2n) is 4.31. The molecule has 0 unspecified atom stereocenters. The van der Waals surface area contributed by atoms with Gasteiger partial charge in [0.15, 0.2) is 6.61 Å². The first-order chi connectivity index (χ1) is 8.25. The number of hydrogen-bond donors (Lipinski definition) is 0. The summed E-state index contributed by atoms with van der Waals surface area (Å²) in [5.41, 5.74) is 0.972. The van der Waals surface area contributed by atoms with E-state index in [-0.39, 0.29) is 18.4 Å². The van der Waals surface area contributed by atoms with Gasteiger partial charge in [0.2, 0.25) is 4.92 Å². The number of ketones is 1. The molecule has 1 saturated carbocycles. The number of nitrogens with zero attached hydrogens (tertiary/aromatic N) is 1. The topological polar surface area (TPSA) is 46.4 Å². The number of hydrogen-bond acceptors (Lipinski definition) is 3. The highest BCUT2D eigenvalue weighted by atomic mass is 16.8. The minimum atomic E-state index is -0.170. The Morgan fingerprint density at radius 3 is 2.47 bits per heavy atom. The molecule has 0 amide bonds. The van der Waals surface area contributed by atoms with E-state index >= 15 is 0 Å². The van der Waals surface area contributed by atoms with E-state index in [1.165, 1.54) is 0 Å². The van der Waals surface area contributed by atoms with Gasteiger partial charge < -0.3 is 0 Å². The Morgan fingerprint density at radius 1 is 1.18 bits per heavy atom. The van der Waals surface area contributed by atoms with Gasteiger partial charge in [-0.3, -0.25) is 4.79 Å². The molecule has 0 aromatic heterocycles. The molecule has 1 aromatic carbocycles. The maximum Gasteiger partial charge on any atom is 0.258 e. The van der Waals surface area contributed by atoms with Crippen molar-refractivity contribution < 1.29 is 14.6 Å². The molecule has 0 saturated heterocycles. The zero-order chi connectivity index (χ0) is 12.1. The van der Waals surface area contributed by atoms with Gasteiger partial charge >= 0.3 is 0 Å². The molecule has 0 aliphatic heterocycles. The van der Waals surface area contributed by atoms with E-state index in [0.717, 1.165) is 5.56 Å². The Morgan fingerprint density at radius 2 is 1.82 bits per heavy atom. The SMILES string of the molecule is O=C1CCC([N+](=O)OCc2ccccc2)CC1. The smallest absolute Gasteiger partial charge is 0.258 e. The summed E-state index contributed by atoms with van der Waals surface area (Å²) in [6.45, 7) is 0.286. The van der Waals surface area contributed by atoms with E-state index in [1.54, 1.807) is 0 Å². The van der Waals surface area contributed by atoms with Crippen LogP contribution < -0.4 is 0 Å². The third-order valence-electron chi connectivity index (χ3n) is 3.01. The van der Waals surface area contributed by atoms with Crippen LogP contribution in [0.25, 0.3) is 0 Å². The number of benzene rings is 1. The van der Waals surface area contributed by atoms with Crippen molar-refractivity contribution >= 4 is 5.78 Å². The molecule has 2 rings (SSSR count). The standard InChI is InChI=1S/C13H16NO3/c15-13-8-6-12(7-9-13)14(16)17-10-11-4-2-1-3-5-11/h1-5,12H,6-10H2/q+1. The van der Waals surface area contributed by atoms with Crippen molar-refractivity contribution in [2.24, 2.45) is 0 Å². The minimum absolute atomic E-state index is 0.170. The van der Waals surface area contributed by atoms with Crippen LogP contribution in [-0.4, -0.2) is 16.7 Å². The molecule has 90 valence electrons. The highest BCUT2D eigenvalue weighted by Gasteiger charge is 2.32. The maximum absolute atomic E-state index is 11.7. The van der Waals surface area contributed by atoms with Crippen molar-refractivity contribution in [1.29, 1.82) is 0 Å². The lowest BCUT2D eigenvalue weighted by atomic mass is 9.95. The summed E-state index contributed by atoms with van der Waals surface area (Å²) in [4.78, 5) is 28.5. The fourth-order valence-corrected chi connectivity index (χ4v) is 1.95. The van der Waals surface area contributed by atoms with Crippen LogP contribution >= 0.6 is 0 Å². The lowest BCUT2D eigenvalue weighted by molar-refractivity contribution is -0.832. The number of carbonyl (C=O) groups is 1. The summed E-state index contributed by atoms with van der Waals surface area (Å²) in [6, 6.07) is 9.40. The Bertz CT molecular complexity index is 392. The first-order valence-electron chi connectivity index (χ1n) is 5.90. The van der Waals surface area contributed by atoms with Crippen LogP contribution in [0.1, 0.15) is 31.2 Å². The van der Waals surface area contributed by atoms with Gasteiger partial charge in [-0.2, -0.15) is 0 Å². The van der Waals surface area contributed by atoms with Crippen LogP contribution in [0.2, 0.25) is 0 Å². The van der Waals surface area contributed by atoms with Gasteiger partial charge in [-0.05, 0) is 5.56 Å². The Kier molecular flexibility index (Phi) is 3.85. The van der Waals surface area contributed by atoms with Gasteiger partial charge in [-0.1, -0.05) is 30.3 Å². The highest BCUT2D eigenvalue weighted by Crippen LogP contribution is 2.18. The number of carbonyl (C=O) groups excluding carboxylic acids is 1. The lowest BCUT2D eigenvalue weighted by Gasteiger charge is -2.12. The third kappa shape index (κ3) is 3.37. The van der Waals surface area contributed by atoms with Crippen LogP contribution in [0.3, 0.4) is 0 Å². The predicted octanol–water partition coefficient (Wildman–Crippen LogP) is 2.41. The molecule has 0 spiro atoms. The monoisotopic (exact) mass is 234 g/mol. The van der Waals surface area contributed by atoms with Crippen LogP contribution in [0.15, 0.2) is 30.3 Å². The van der Waals surface area contributed by atoms with Crippen molar-refractivity contribution in [1.82, 2.24) is 0 Å². The summed E-state index contributed by atoms with van der Waals surface area (Å²) >= 11 is 0. The average Bonchev–Trinajstić information content (AvgIpc) is 2.38. The van der Waals surface area contributed by atoms with Crippen LogP contribution in [0.5, 0.6) is 0 Å². The molecule has 0 heterocycles. The van der Waals surface area contributed by atoms with Crippen LogP contribution in [0, 0.1) is 4.91 Å². The Labute approximate surface area is 100 Å². The van der Waals surface area contributed by atoms with Crippen LogP contribution in [-0.2, 0) is 16.2 Å². The van der Waals surface area contributed by atoms with E-state index in [1.807, 2.05) is 30.3 Å². The second-order valence-corrected chi connectivity index (χ2v) is 4.31. The van der Waals surface area contributed by atoms with Crippen molar-refractivity contribution in [3.05, 3.63) is 40.8 Å². The van der Waals surface area contributed by atoms with Crippen LogP contribution in [0.4, 0.5) is 0 Å². The summed E-state index contributed by atoms with van der Waals surface area (Å²) in [5.74, 6) is 0.248. The fraction of sp³-hybridized carbons (Fsp3) is 0.462. The van der Waals surface area contributed by atoms with Crippen molar-refractivity contribution in [3.8, 4) is 0 Å². The van der Waals surface area contributed by atoms with Gasteiger partial charge in [-0.15, -0.1) is 0 Å². The Balaban J connectivity index is 1.80. The molecule has 1 fully saturated rings. The first kappa shape index (κ1) is 11.8. The average molecular weight is 234 g/mol. The number of Topliss-reactive ketones (excluding diaryl/α,β-unsaturated/α-hetero) is 1. The van der Waals surface area contributed by atoms with Crippen molar-refractivity contribution in [2.45, 2.75) is 38.3 Å². The van der Waals surface area contributed by atoms with Gasteiger partial charge in [-0.25, -0.2) is 4.84 Å². The van der Waals surface area contributed by atoms with E-state index in [0.29, 0.717) is 30.6 Å². The Hall–Kier alpha value is -1.71. The highest BCUT2D eigenvalue weighted by molar-refractivity contribution is 5.79. The minimum Gasteiger partial charge on any atom is -0.300 e. The molecule has 1 aliphatic carbocycles. The maximum atomic E-state index is 11.7. The van der Waals surface area contributed by atoms with Gasteiger partial charge in [0.1, 0.15) is 5.78 Å². The largest absolute Gasteiger partial charge is 0.300 e. The number of rotatable bonds is 4. The van der Waals surface area contributed by atoms with E-state index in [4.69, 9.17) is 4.84 Å². The molecular formula is C13H16NO3+. The molecular weight excluding hydrogens is 218 g/mol. The zero-order valence-electron chi connectivity index (χ0n) is 9.67. The molecule has 17 heavy (non-hydrogen) atoms. The molecule has 1 aliphatic rings. The van der Waals surface area contributed by atoms with Crippen molar-refractivity contribution in [2.75, 3.05) is 0 Å². The first-order valence-corrected chi connectivity index (χ1v) is 5.90. The van der Waals surface area contributed by atoms with Gasteiger partial charge in [0.25, 0.3) is 6.04 Å². The molecule has 0 atom stereocenters. The molecule has 4 nitrogen and oxygen atoms in total. The van der Waals surface area contributed by atoms with E-state index < -0.39 is 0 Å². The summed E-state index contributed by atoms with van der Waals surface area (Å²) < 4.78 is 0. The molecule has 1 aromatic rings. The van der Waals surface area contributed by atoms with Crippen molar-refractivity contribution in [3.63, 3.8) is 0 Å². The summed E-state index contributed by atoms with van der Waals surface area (Å²) in [6.07, 6.45) is 2.21. The molecule has 0 N–H and O–H groups in total. The fourth-order valence-electron chi connectivity index (χ4n) is 1.95. The predicted molar refractivity (Wildman–Crippen MR) is 62.1 cm³/mol. The molecule has 4 heteroatoms. The normalized spacial score (nSPS) is 16.8. The zero-order valence-corrected chi connectivity index (χ0v) is 9.67. The van der Waals surface area contributed by atoms with Gasteiger partial charge in [0, 0.05) is 25.7 Å². The third-order valence-corrected chi connectivity index (χ3v) is 3.01. The summed E-state index contributed by atoms with van der Waals surface area (Å²) in [7, 11) is 0. The van der Waals surface area contributed by atoms with E-state index in [9.17, 15) is 9.70 Å². The van der Waals surface area contributed by atoms with Gasteiger partial charge in [0.05, 0.1) is 4.91 Å². The molecule has 0 radical (unpaired) electrons.